The largest absolute Gasteiger partial charge is 0.315 e. The molecule has 2 heterocycles. The number of halogens is 1. The second kappa shape index (κ2) is 6.02. The van der Waals surface area contributed by atoms with Crippen LogP contribution in [0, 0.1) is 5.82 Å². The molecule has 0 bridgehead atoms. The van der Waals surface area contributed by atoms with E-state index in [9.17, 15) is 4.39 Å². The molecule has 0 unspecified atom stereocenters. The maximum absolute atomic E-state index is 13.7. The third kappa shape index (κ3) is 2.73. The summed E-state index contributed by atoms with van der Waals surface area (Å²) < 4.78 is 13.7. The molecular weight excluding hydrogens is 249 g/mol. The smallest absolute Gasteiger partial charge is 0.151 e. The maximum Gasteiger partial charge on any atom is 0.151 e. The summed E-state index contributed by atoms with van der Waals surface area (Å²) in [6.45, 7) is 2.90. The topological polar surface area (TPSA) is 37.8 Å². The average molecular weight is 265 g/mol. The fourth-order valence-electron chi connectivity index (χ4n) is 1.78. The van der Waals surface area contributed by atoms with Crippen LogP contribution < -0.4 is 5.32 Å². The van der Waals surface area contributed by atoms with E-state index in [1.165, 1.54) is 11.1 Å². The van der Waals surface area contributed by atoms with Crippen molar-refractivity contribution in [2.45, 2.75) is 26.3 Å². The third-order valence-corrected chi connectivity index (χ3v) is 3.74. The van der Waals surface area contributed by atoms with Gasteiger partial charge in [0.2, 0.25) is 0 Å². The number of thiazole rings is 1. The Labute approximate surface area is 110 Å². The number of nitrogens with zero attached hydrogens (tertiary/aromatic N) is 2. The van der Waals surface area contributed by atoms with Crippen molar-refractivity contribution >= 4 is 11.3 Å². The molecule has 5 heteroatoms. The van der Waals surface area contributed by atoms with E-state index in [1.54, 1.807) is 23.6 Å². The third-order valence-electron chi connectivity index (χ3n) is 2.61. The zero-order valence-electron chi connectivity index (χ0n) is 10.5. The molecule has 0 aliphatic heterocycles. The number of pyridine rings is 1. The number of aryl methyl sites for hydroxylation is 1. The average Bonchev–Trinajstić information content (AvgIpc) is 2.74. The lowest BCUT2D eigenvalue weighted by molar-refractivity contribution is 0.625. The monoisotopic (exact) mass is 265 g/mol. The van der Waals surface area contributed by atoms with Crippen LogP contribution >= 0.6 is 11.3 Å². The first-order valence-electron chi connectivity index (χ1n) is 5.99. The van der Waals surface area contributed by atoms with Crippen molar-refractivity contribution in [3.05, 3.63) is 34.8 Å². The zero-order chi connectivity index (χ0) is 13.0. The minimum Gasteiger partial charge on any atom is -0.315 e. The normalized spacial score (nSPS) is 10.8. The van der Waals surface area contributed by atoms with Crippen LogP contribution in [0.15, 0.2) is 18.5 Å². The SMILES string of the molecule is CCCc1nc(-c2ccncc2F)sc1CNC. The lowest BCUT2D eigenvalue weighted by Crippen LogP contribution is -2.05. The van der Waals surface area contributed by atoms with E-state index in [0.29, 0.717) is 5.56 Å². The van der Waals surface area contributed by atoms with Gasteiger partial charge in [0.05, 0.1) is 11.9 Å². The highest BCUT2D eigenvalue weighted by Crippen LogP contribution is 2.30. The predicted molar refractivity (Wildman–Crippen MR) is 72.1 cm³/mol. The van der Waals surface area contributed by atoms with Crippen molar-refractivity contribution in [1.29, 1.82) is 0 Å². The van der Waals surface area contributed by atoms with Gasteiger partial charge < -0.3 is 5.32 Å². The van der Waals surface area contributed by atoms with Crippen molar-refractivity contribution in [3.63, 3.8) is 0 Å². The molecule has 0 saturated carbocycles. The number of nitrogens with one attached hydrogen (secondary N) is 1. The van der Waals surface area contributed by atoms with Gasteiger partial charge in [-0.05, 0) is 19.5 Å². The summed E-state index contributed by atoms with van der Waals surface area (Å²) in [6.07, 6.45) is 4.80. The molecule has 18 heavy (non-hydrogen) atoms. The molecule has 0 fully saturated rings. The van der Waals surface area contributed by atoms with E-state index in [1.807, 2.05) is 7.05 Å². The molecule has 2 rings (SSSR count). The molecule has 1 N–H and O–H groups in total. The number of hydrogen-bond acceptors (Lipinski definition) is 4. The van der Waals surface area contributed by atoms with Crippen molar-refractivity contribution in [1.82, 2.24) is 15.3 Å². The molecule has 0 atom stereocenters. The van der Waals surface area contributed by atoms with Gasteiger partial charge in [-0.25, -0.2) is 9.37 Å². The van der Waals surface area contributed by atoms with Crippen LogP contribution in [-0.4, -0.2) is 17.0 Å². The van der Waals surface area contributed by atoms with Crippen LogP contribution in [0.1, 0.15) is 23.9 Å². The molecule has 0 aromatic carbocycles. The Hall–Kier alpha value is -1.33. The number of aromatic nitrogens is 2. The van der Waals surface area contributed by atoms with Crippen molar-refractivity contribution < 1.29 is 4.39 Å². The van der Waals surface area contributed by atoms with E-state index in [-0.39, 0.29) is 5.82 Å². The van der Waals surface area contributed by atoms with E-state index >= 15 is 0 Å². The maximum atomic E-state index is 13.7. The Balaban J connectivity index is 2.40. The van der Waals surface area contributed by atoms with E-state index in [4.69, 9.17) is 0 Å². The first kappa shape index (κ1) is 13.1. The second-order valence-corrected chi connectivity index (χ2v) is 5.11. The van der Waals surface area contributed by atoms with Gasteiger partial charge in [0.1, 0.15) is 5.01 Å². The Bertz CT molecular complexity index is 501. The summed E-state index contributed by atoms with van der Waals surface area (Å²) in [6, 6.07) is 1.67. The Morgan fingerprint density at radius 3 is 2.94 bits per heavy atom. The van der Waals surface area contributed by atoms with Crippen molar-refractivity contribution in [2.75, 3.05) is 7.05 Å². The molecule has 0 saturated heterocycles. The lowest BCUT2D eigenvalue weighted by Gasteiger charge is -1.98. The van der Waals surface area contributed by atoms with Crippen LogP contribution in [0.4, 0.5) is 4.39 Å². The zero-order valence-corrected chi connectivity index (χ0v) is 11.4. The summed E-state index contributed by atoms with van der Waals surface area (Å²) >= 11 is 1.55. The number of hydrogen-bond donors (Lipinski definition) is 1. The highest BCUT2D eigenvalue weighted by Gasteiger charge is 2.14. The van der Waals surface area contributed by atoms with Crippen LogP contribution in [0.2, 0.25) is 0 Å². The summed E-state index contributed by atoms with van der Waals surface area (Å²) in [5.41, 5.74) is 1.61. The van der Waals surface area contributed by atoms with Gasteiger partial charge >= 0.3 is 0 Å². The molecule has 3 nitrogen and oxygen atoms in total. The molecule has 0 spiro atoms. The second-order valence-electron chi connectivity index (χ2n) is 4.02. The minimum absolute atomic E-state index is 0.315. The molecule has 0 aliphatic carbocycles. The van der Waals surface area contributed by atoms with E-state index in [2.05, 4.69) is 22.2 Å². The molecule has 0 aliphatic rings. The van der Waals surface area contributed by atoms with Gasteiger partial charge in [-0.3, -0.25) is 4.98 Å². The van der Waals surface area contributed by atoms with Gasteiger partial charge in [-0.1, -0.05) is 13.3 Å². The van der Waals surface area contributed by atoms with Gasteiger partial charge in [0, 0.05) is 23.2 Å². The molecule has 0 radical (unpaired) electrons. The van der Waals surface area contributed by atoms with E-state index < -0.39 is 0 Å². The first-order chi connectivity index (χ1) is 8.76. The quantitative estimate of drug-likeness (QED) is 0.903. The fourth-order valence-corrected chi connectivity index (χ4v) is 2.92. The lowest BCUT2D eigenvalue weighted by atomic mass is 10.2. The molecule has 2 aromatic rings. The van der Waals surface area contributed by atoms with E-state index in [0.717, 1.165) is 30.1 Å². The summed E-state index contributed by atoms with van der Waals surface area (Å²) in [4.78, 5) is 9.51. The predicted octanol–water partition coefficient (Wildman–Crippen LogP) is 3.02. The Morgan fingerprint density at radius 2 is 2.28 bits per heavy atom. The minimum atomic E-state index is -0.315. The standard InChI is InChI=1S/C13H16FN3S/c1-3-4-11-12(8-15-2)18-13(17-11)9-5-6-16-7-10(9)14/h5-7,15H,3-4,8H2,1-2H3. The van der Waals surface area contributed by atoms with Gasteiger partial charge in [-0.15, -0.1) is 11.3 Å². The molecule has 2 aromatic heterocycles. The van der Waals surface area contributed by atoms with Crippen LogP contribution in [-0.2, 0) is 13.0 Å². The van der Waals surface area contributed by atoms with Crippen LogP contribution in [0.25, 0.3) is 10.6 Å². The van der Waals surface area contributed by atoms with Crippen molar-refractivity contribution in [2.24, 2.45) is 0 Å². The Kier molecular flexibility index (Phi) is 4.38. The molecular formula is C13H16FN3S. The highest BCUT2D eigenvalue weighted by atomic mass is 32.1. The van der Waals surface area contributed by atoms with Crippen LogP contribution in [0.5, 0.6) is 0 Å². The van der Waals surface area contributed by atoms with Gasteiger partial charge in [0.15, 0.2) is 5.82 Å². The molecule has 96 valence electrons. The first-order valence-corrected chi connectivity index (χ1v) is 6.81. The fraction of sp³-hybridized carbons (Fsp3) is 0.385. The summed E-state index contributed by atoms with van der Waals surface area (Å²) in [7, 11) is 1.90. The van der Waals surface area contributed by atoms with Crippen LogP contribution in [0.3, 0.4) is 0 Å². The van der Waals surface area contributed by atoms with Gasteiger partial charge in [-0.2, -0.15) is 0 Å². The van der Waals surface area contributed by atoms with Gasteiger partial charge in [0.25, 0.3) is 0 Å². The summed E-state index contributed by atoms with van der Waals surface area (Å²) in [5.74, 6) is -0.315. The highest BCUT2D eigenvalue weighted by molar-refractivity contribution is 7.15. The molecule has 0 amide bonds. The Morgan fingerprint density at radius 1 is 1.44 bits per heavy atom. The number of rotatable bonds is 5. The summed E-state index contributed by atoms with van der Waals surface area (Å²) in [5, 5.41) is 3.87. The van der Waals surface area contributed by atoms with Crippen molar-refractivity contribution in [3.8, 4) is 10.6 Å².